The van der Waals surface area contributed by atoms with Gasteiger partial charge >= 0.3 is 5.97 Å². The van der Waals surface area contributed by atoms with E-state index in [0.717, 1.165) is 22.0 Å². The molecule has 21 heavy (non-hydrogen) atoms. The van der Waals surface area contributed by atoms with Gasteiger partial charge in [-0.1, -0.05) is 12.1 Å². The van der Waals surface area contributed by atoms with Crippen LogP contribution in [0.1, 0.15) is 12.6 Å². The first-order valence-electron chi connectivity index (χ1n) is 6.55. The number of thioether (sulfide) groups is 1. The Balaban J connectivity index is 1.97. The molecule has 4 nitrogen and oxygen atoms in total. The molecule has 0 spiro atoms. The normalized spacial score (nSPS) is 10.4. The molecule has 112 valence electrons. The molecule has 2 aromatic rings. The number of benzene rings is 1. The number of thiazole rings is 1. The minimum Gasteiger partial charge on any atom is -0.496 e. The maximum absolute atomic E-state index is 11.3. The summed E-state index contributed by atoms with van der Waals surface area (Å²) in [6.45, 7) is 2.23. The van der Waals surface area contributed by atoms with Crippen LogP contribution in [0.5, 0.6) is 5.75 Å². The van der Waals surface area contributed by atoms with Crippen LogP contribution in [0.4, 0.5) is 0 Å². The zero-order chi connectivity index (χ0) is 15.1. The summed E-state index contributed by atoms with van der Waals surface area (Å²) in [6.07, 6.45) is 0. The highest BCUT2D eigenvalue weighted by Gasteiger charge is 2.10. The van der Waals surface area contributed by atoms with Crippen molar-refractivity contribution in [2.75, 3.05) is 19.5 Å². The Morgan fingerprint density at radius 3 is 2.95 bits per heavy atom. The smallest absolute Gasteiger partial charge is 0.315 e. The maximum atomic E-state index is 11.3. The number of carbonyl (C=O) groups excluding carboxylic acids is 1. The summed E-state index contributed by atoms with van der Waals surface area (Å²) in [5.41, 5.74) is 1.96. The van der Waals surface area contributed by atoms with Crippen molar-refractivity contribution in [3.63, 3.8) is 0 Å². The lowest BCUT2D eigenvalue weighted by Crippen LogP contribution is -2.06. The number of rotatable bonds is 7. The lowest BCUT2D eigenvalue weighted by atomic mass is 10.2. The van der Waals surface area contributed by atoms with Crippen molar-refractivity contribution >= 4 is 29.1 Å². The molecular formula is C15H17NO3S2. The van der Waals surface area contributed by atoms with Gasteiger partial charge in [-0.15, -0.1) is 23.1 Å². The largest absolute Gasteiger partial charge is 0.496 e. The first kappa shape index (κ1) is 15.9. The Hall–Kier alpha value is -1.53. The predicted molar refractivity (Wildman–Crippen MR) is 86.9 cm³/mol. The van der Waals surface area contributed by atoms with E-state index >= 15 is 0 Å². The van der Waals surface area contributed by atoms with Gasteiger partial charge in [0.1, 0.15) is 10.8 Å². The van der Waals surface area contributed by atoms with Crippen molar-refractivity contribution < 1.29 is 14.3 Å². The fraction of sp³-hybridized carbons (Fsp3) is 0.333. The second-order valence-electron chi connectivity index (χ2n) is 4.14. The third-order valence-corrected chi connectivity index (χ3v) is 4.53. The third kappa shape index (κ3) is 4.47. The predicted octanol–water partition coefficient (Wildman–Crippen LogP) is 3.62. The van der Waals surface area contributed by atoms with Crippen molar-refractivity contribution in [3.05, 3.63) is 35.3 Å². The first-order valence-corrected chi connectivity index (χ1v) is 8.59. The van der Waals surface area contributed by atoms with E-state index in [1.165, 1.54) is 11.8 Å². The van der Waals surface area contributed by atoms with Crippen LogP contribution in [0, 0.1) is 0 Å². The molecule has 0 radical (unpaired) electrons. The van der Waals surface area contributed by atoms with Crippen LogP contribution in [0.2, 0.25) is 0 Å². The number of nitrogens with zero attached hydrogens (tertiary/aromatic N) is 1. The number of aromatic nitrogens is 1. The van der Waals surface area contributed by atoms with Gasteiger partial charge in [0.25, 0.3) is 0 Å². The molecule has 0 saturated heterocycles. The van der Waals surface area contributed by atoms with Crippen LogP contribution in [-0.2, 0) is 15.3 Å². The van der Waals surface area contributed by atoms with Gasteiger partial charge in [0.2, 0.25) is 0 Å². The average Bonchev–Trinajstić information content (AvgIpc) is 2.96. The molecule has 1 aromatic carbocycles. The molecule has 0 fully saturated rings. The highest BCUT2D eigenvalue weighted by Crippen LogP contribution is 2.32. The van der Waals surface area contributed by atoms with E-state index in [-0.39, 0.29) is 5.97 Å². The third-order valence-electron chi connectivity index (χ3n) is 2.66. The molecule has 0 bridgehead atoms. The quantitative estimate of drug-likeness (QED) is 0.728. The van der Waals surface area contributed by atoms with Crippen LogP contribution in [-0.4, -0.2) is 30.4 Å². The highest BCUT2D eigenvalue weighted by molar-refractivity contribution is 7.99. The van der Waals surface area contributed by atoms with Gasteiger partial charge in [0, 0.05) is 11.1 Å². The van der Waals surface area contributed by atoms with E-state index in [1.54, 1.807) is 18.4 Å². The average molecular weight is 323 g/mol. The molecule has 1 aromatic heterocycles. The summed E-state index contributed by atoms with van der Waals surface area (Å²) >= 11 is 3.09. The summed E-state index contributed by atoms with van der Waals surface area (Å²) in [7, 11) is 1.66. The van der Waals surface area contributed by atoms with Gasteiger partial charge in [0.15, 0.2) is 0 Å². The SMILES string of the molecule is CCOC(=O)CSCc1csc(-c2ccccc2OC)n1. The van der Waals surface area contributed by atoms with Gasteiger partial charge in [-0.25, -0.2) is 4.98 Å². The van der Waals surface area contributed by atoms with Crippen molar-refractivity contribution in [2.24, 2.45) is 0 Å². The Morgan fingerprint density at radius 2 is 2.19 bits per heavy atom. The van der Waals surface area contributed by atoms with E-state index in [2.05, 4.69) is 4.98 Å². The summed E-state index contributed by atoms with van der Waals surface area (Å²) < 4.78 is 10.2. The Labute approximate surface area is 132 Å². The Morgan fingerprint density at radius 1 is 1.38 bits per heavy atom. The lowest BCUT2D eigenvalue weighted by molar-refractivity contribution is -0.139. The number of carbonyl (C=O) groups is 1. The summed E-state index contributed by atoms with van der Waals surface area (Å²) in [6, 6.07) is 7.82. The van der Waals surface area contributed by atoms with Crippen LogP contribution >= 0.6 is 23.1 Å². The first-order chi connectivity index (χ1) is 10.2. The second-order valence-corrected chi connectivity index (χ2v) is 5.99. The molecule has 6 heteroatoms. The fourth-order valence-electron chi connectivity index (χ4n) is 1.76. The minimum atomic E-state index is -0.178. The monoisotopic (exact) mass is 323 g/mol. The Bertz CT molecular complexity index is 598. The zero-order valence-electron chi connectivity index (χ0n) is 12.0. The number of methoxy groups -OCH3 is 1. The number of para-hydroxylation sites is 1. The molecule has 0 saturated carbocycles. The van der Waals surface area contributed by atoms with E-state index in [1.807, 2.05) is 36.6 Å². The van der Waals surface area contributed by atoms with Crippen molar-refractivity contribution in [1.82, 2.24) is 4.98 Å². The lowest BCUT2D eigenvalue weighted by Gasteiger charge is -2.04. The van der Waals surface area contributed by atoms with Gasteiger partial charge in [-0.05, 0) is 19.1 Å². The summed E-state index contributed by atoms with van der Waals surface area (Å²) in [4.78, 5) is 15.9. The molecular weight excluding hydrogens is 306 g/mol. The van der Waals surface area contributed by atoms with Gasteiger partial charge < -0.3 is 9.47 Å². The number of ether oxygens (including phenoxy) is 2. The van der Waals surface area contributed by atoms with E-state index in [0.29, 0.717) is 18.1 Å². The number of hydrogen-bond donors (Lipinski definition) is 0. The molecule has 2 rings (SSSR count). The second kappa shape index (κ2) is 8.05. The standard InChI is InChI=1S/C15H17NO3S2/c1-3-19-14(17)10-20-8-11-9-21-15(16-11)12-6-4-5-7-13(12)18-2/h4-7,9H,3,8,10H2,1-2H3. The van der Waals surface area contributed by atoms with Crippen molar-refractivity contribution in [2.45, 2.75) is 12.7 Å². The van der Waals surface area contributed by atoms with Crippen molar-refractivity contribution in [3.8, 4) is 16.3 Å². The molecule has 0 N–H and O–H groups in total. The summed E-state index contributed by atoms with van der Waals surface area (Å²) in [5, 5.41) is 2.94. The van der Waals surface area contributed by atoms with Gasteiger partial charge in [-0.2, -0.15) is 0 Å². The van der Waals surface area contributed by atoms with E-state index in [9.17, 15) is 4.79 Å². The fourth-order valence-corrected chi connectivity index (χ4v) is 3.42. The molecule has 0 atom stereocenters. The molecule has 1 heterocycles. The van der Waals surface area contributed by atoms with Crippen LogP contribution in [0.15, 0.2) is 29.6 Å². The number of hydrogen-bond acceptors (Lipinski definition) is 6. The molecule has 0 aliphatic carbocycles. The van der Waals surface area contributed by atoms with Gasteiger partial charge in [0.05, 0.1) is 30.7 Å². The van der Waals surface area contributed by atoms with Gasteiger partial charge in [-0.3, -0.25) is 4.79 Å². The van der Waals surface area contributed by atoms with Crippen LogP contribution in [0.25, 0.3) is 10.6 Å². The van der Waals surface area contributed by atoms with E-state index in [4.69, 9.17) is 9.47 Å². The summed E-state index contributed by atoms with van der Waals surface area (Å²) in [5.74, 6) is 1.69. The molecule has 0 aliphatic rings. The maximum Gasteiger partial charge on any atom is 0.315 e. The van der Waals surface area contributed by atoms with E-state index < -0.39 is 0 Å². The zero-order valence-corrected chi connectivity index (χ0v) is 13.6. The Kier molecular flexibility index (Phi) is 6.07. The van der Waals surface area contributed by atoms with Crippen LogP contribution in [0.3, 0.4) is 0 Å². The molecule has 0 unspecified atom stereocenters. The van der Waals surface area contributed by atoms with Crippen LogP contribution < -0.4 is 4.74 Å². The topological polar surface area (TPSA) is 48.4 Å². The minimum absolute atomic E-state index is 0.178. The van der Waals surface area contributed by atoms with Crippen molar-refractivity contribution in [1.29, 1.82) is 0 Å². The highest BCUT2D eigenvalue weighted by atomic mass is 32.2. The molecule has 0 aliphatic heterocycles. The molecule has 0 amide bonds. The number of esters is 1.